The number of carboxylic acid groups (broad SMARTS) is 2. The minimum Gasteiger partial charge on any atom is -0.553 e. The van der Waals surface area contributed by atoms with Crippen LogP contribution in [0, 0.1) is 0 Å². The number of hydrogen-bond acceptors (Lipinski definition) is 10. The molecule has 0 saturated carbocycles. The second-order valence-corrected chi connectivity index (χ2v) is 8.07. The molecule has 242 valence electrons. The molecule has 0 aromatic heterocycles. The van der Waals surface area contributed by atoms with Gasteiger partial charge >= 0.3 is 15.0 Å². The van der Waals surface area contributed by atoms with Gasteiger partial charge in [-0.25, -0.2) is 0 Å². The van der Waals surface area contributed by atoms with Crippen molar-refractivity contribution in [2.75, 3.05) is 0 Å². The third kappa shape index (κ3) is 19.6. The highest BCUT2D eigenvalue weighted by atomic mass is 16.5. The predicted octanol–water partition coefficient (Wildman–Crippen LogP) is 9.53. The second kappa shape index (κ2) is 25.6. The van der Waals surface area contributed by atoms with E-state index in [9.17, 15) is 9.59 Å². The van der Waals surface area contributed by atoms with Crippen molar-refractivity contribution < 1.29 is 29.1 Å². The highest BCUT2D eigenvalue weighted by Gasteiger charge is 2.05. The van der Waals surface area contributed by atoms with Crippen LogP contribution in [0.5, 0.6) is 0 Å². The monoisotopic (exact) mass is 644 g/mol. The first-order valence-corrected chi connectivity index (χ1v) is 13.5. The van der Waals surface area contributed by atoms with E-state index in [2.05, 4.69) is 83.3 Å². The third-order valence-corrected chi connectivity index (χ3v) is 4.78. The van der Waals surface area contributed by atoms with Gasteiger partial charge in [0.25, 0.3) is 11.7 Å². The van der Waals surface area contributed by atoms with Crippen LogP contribution in [0.2, 0.25) is 0 Å². The number of allylic oxidation sites excluding steroid dienone is 16. The largest absolute Gasteiger partial charge is 0.553 e. The first kappa shape index (κ1) is 41.3. The van der Waals surface area contributed by atoms with Gasteiger partial charge in [0, 0.05) is 0 Å². The summed E-state index contributed by atoms with van der Waals surface area (Å²) in [5.41, 5.74) is 2.20. The zero-order valence-electron chi connectivity index (χ0n) is 26.3. The van der Waals surface area contributed by atoms with Crippen molar-refractivity contribution in [3.8, 4) is 0 Å². The fourth-order valence-corrected chi connectivity index (χ4v) is 2.42. The van der Waals surface area contributed by atoms with Crippen LogP contribution in [0.4, 0.5) is 9.59 Å². The SMILES string of the molecule is C=CC(=C\C=C(C=C)\N=N\C(C=C)=C\C=C(/C=C)O[B]C(=O)O)/N=N/C(C=C)=C/C=C(C=C)/N=N/C(C=C)=C/C=C(\C=C)O[B]C(=O)O. The maximum atomic E-state index is 10.6. The fourth-order valence-electron chi connectivity index (χ4n) is 2.42. The lowest BCUT2D eigenvalue weighted by Gasteiger charge is -2.01. The predicted molar refractivity (Wildman–Crippen MR) is 191 cm³/mol. The van der Waals surface area contributed by atoms with Crippen LogP contribution < -0.4 is 0 Å². The summed E-state index contributed by atoms with van der Waals surface area (Å²) in [7, 11) is 1.24. The highest BCUT2D eigenvalue weighted by molar-refractivity contribution is 6.66. The van der Waals surface area contributed by atoms with Crippen LogP contribution in [0.15, 0.2) is 226 Å². The van der Waals surface area contributed by atoms with E-state index in [1.54, 1.807) is 24.3 Å². The summed E-state index contributed by atoms with van der Waals surface area (Å²) < 4.78 is 9.91. The highest BCUT2D eigenvalue weighted by Crippen LogP contribution is 2.12. The number of nitrogens with zero attached hydrogens (tertiary/aromatic N) is 6. The molecule has 0 unspecified atom stereocenters. The normalized spacial score (nSPS) is 13.9. The standard InChI is InChI=1S/C34H34B2N6O6/c1-9-25(17-19-27(11-3)39-41-29(13-5)21-23-31(15-7)47-35-33(43)44)37-38-26(10-2)18-20-28(12-4)40-42-30(14-6)22-24-32(16-8)48-36-34(45)46/h9-24H,1-8H2,(H,43,44)(H,45,46)/b25-17+,26-18+,27-19+,28-20+,29-21+,30-22+,31-23+,32-24+,38-37+,41-39+,42-40+. The molecule has 0 spiro atoms. The maximum absolute atomic E-state index is 10.6. The molecule has 0 aromatic rings. The lowest BCUT2D eigenvalue weighted by atomic mass is 10.0. The molecule has 12 nitrogen and oxygen atoms in total. The van der Waals surface area contributed by atoms with Gasteiger partial charge in [-0.15, -0.1) is 0 Å². The maximum Gasteiger partial charge on any atom is 0.510 e. The van der Waals surface area contributed by atoms with Gasteiger partial charge in [-0.2, -0.15) is 30.7 Å². The molecular formula is C34H34B2N6O6. The molecule has 0 aromatic carbocycles. The Morgan fingerprint density at radius 3 is 0.771 bits per heavy atom. The second-order valence-electron chi connectivity index (χ2n) is 8.07. The van der Waals surface area contributed by atoms with E-state index in [4.69, 9.17) is 19.5 Å². The van der Waals surface area contributed by atoms with Crippen molar-refractivity contribution in [2.24, 2.45) is 30.7 Å². The molecule has 0 rings (SSSR count). The van der Waals surface area contributed by atoms with Gasteiger partial charge in [0.05, 0.1) is 45.7 Å². The Morgan fingerprint density at radius 2 is 0.604 bits per heavy atom. The lowest BCUT2D eigenvalue weighted by Crippen LogP contribution is -2.08. The minimum atomic E-state index is -1.25. The number of hydrogen-bond donors (Lipinski definition) is 2. The van der Waals surface area contributed by atoms with Crippen molar-refractivity contribution in [3.05, 3.63) is 196 Å². The number of rotatable bonds is 24. The molecule has 0 fully saturated rings. The van der Waals surface area contributed by atoms with E-state index >= 15 is 0 Å². The Bertz CT molecular complexity index is 1500. The molecule has 0 aliphatic heterocycles. The lowest BCUT2D eigenvalue weighted by molar-refractivity contribution is 0.214. The van der Waals surface area contributed by atoms with E-state index < -0.39 is 11.7 Å². The Balaban J connectivity index is 5.95. The van der Waals surface area contributed by atoms with E-state index in [0.717, 1.165) is 0 Å². The van der Waals surface area contributed by atoms with Gasteiger partial charge in [0.15, 0.2) is 0 Å². The molecule has 0 aliphatic rings. The average Bonchev–Trinajstić information content (AvgIpc) is 3.09. The van der Waals surface area contributed by atoms with E-state index in [1.807, 2.05) is 0 Å². The van der Waals surface area contributed by atoms with Crippen LogP contribution in [0.3, 0.4) is 0 Å². The summed E-state index contributed by atoms with van der Waals surface area (Å²) >= 11 is 0. The van der Waals surface area contributed by atoms with Crippen LogP contribution in [-0.2, 0) is 9.31 Å². The smallest absolute Gasteiger partial charge is 0.510 e. The van der Waals surface area contributed by atoms with Crippen LogP contribution in [0.1, 0.15) is 0 Å². The molecule has 0 saturated heterocycles. The number of carbonyl (C=O) groups is 2. The van der Waals surface area contributed by atoms with Gasteiger partial charge < -0.3 is 19.5 Å². The summed E-state index contributed by atoms with van der Waals surface area (Å²) in [6.45, 7) is 29.4. The quantitative estimate of drug-likeness (QED) is 0.0459. The number of azo groups is 3. The molecule has 0 bridgehead atoms. The van der Waals surface area contributed by atoms with E-state index in [1.165, 1.54) is 72.9 Å². The molecule has 0 aliphatic carbocycles. The van der Waals surface area contributed by atoms with Crippen molar-refractivity contribution in [2.45, 2.75) is 0 Å². The molecule has 0 atom stereocenters. The van der Waals surface area contributed by atoms with Crippen LogP contribution in [0.25, 0.3) is 0 Å². The van der Waals surface area contributed by atoms with Crippen molar-refractivity contribution >= 4 is 26.7 Å². The Kier molecular flexibility index (Phi) is 22.0. The molecule has 0 amide bonds. The van der Waals surface area contributed by atoms with Crippen molar-refractivity contribution in [1.82, 2.24) is 0 Å². The average molecular weight is 644 g/mol. The summed E-state index contributed by atoms with van der Waals surface area (Å²) in [4.78, 5) is 21.3. The van der Waals surface area contributed by atoms with E-state index in [0.29, 0.717) is 49.1 Å². The van der Waals surface area contributed by atoms with Crippen LogP contribution >= 0.6 is 0 Å². The Hall–Kier alpha value is -6.69. The Labute approximate surface area is 281 Å². The summed E-state index contributed by atoms with van der Waals surface area (Å²) in [5.74, 6) is -2.14. The molecule has 14 heteroatoms. The zero-order chi connectivity index (χ0) is 36.2. The van der Waals surface area contributed by atoms with Gasteiger partial charge in [-0.05, 0) is 97.2 Å². The molecule has 2 radical (unpaired) electrons. The minimum absolute atomic E-state index is 0.177. The van der Waals surface area contributed by atoms with Crippen LogP contribution in [-0.4, -0.2) is 36.9 Å². The van der Waals surface area contributed by atoms with E-state index in [-0.39, 0.29) is 11.5 Å². The zero-order valence-corrected chi connectivity index (χ0v) is 26.3. The summed E-state index contributed by atoms with van der Waals surface area (Å²) in [6, 6.07) is 0. The van der Waals surface area contributed by atoms with Gasteiger partial charge in [0.2, 0.25) is 0 Å². The third-order valence-electron chi connectivity index (χ3n) is 4.78. The van der Waals surface area contributed by atoms with Crippen molar-refractivity contribution in [1.29, 1.82) is 0 Å². The van der Waals surface area contributed by atoms with Gasteiger partial charge in [-0.1, -0.05) is 52.6 Å². The topological polar surface area (TPSA) is 167 Å². The fraction of sp³-hybridized carbons (Fsp3) is 0. The summed E-state index contributed by atoms with van der Waals surface area (Å²) in [6.07, 6.45) is 23.7. The molecule has 48 heavy (non-hydrogen) atoms. The summed E-state index contributed by atoms with van der Waals surface area (Å²) in [5, 5.41) is 42.1. The molecular weight excluding hydrogens is 610 g/mol. The molecule has 0 heterocycles. The first-order valence-electron chi connectivity index (χ1n) is 13.5. The van der Waals surface area contributed by atoms with Gasteiger partial charge in [-0.3, -0.25) is 9.59 Å². The van der Waals surface area contributed by atoms with Crippen molar-refractivity contribution in [3.63, 3.8) is 0 Å². The molecule has 2 N–H and O–H groups in total. The Morgan fingerprint density at radius 1 is 0.396 bits per heavy atom. The first-order chi connectivity index (χ1) is 23.1. The van der Waals surface area contributed by atoms with Gasteiger partial charge in [0.1, 0.15) is 0 Å².